The lowest BCUT2D eigenvalue weighted by Crippen LogP contribution is -2.12. The molecule has 0 atom stereocenters. The molecule has 0 aromatic carbocycles. The monoisotopic (exact) mass is 244 g/mol. The Morgan fingerprint density at radius 1 is 1.18 bits per heavy atom. The van der Waals surface area contributed by atoms with Crippen LogP contribution in [0.15, 0.2) is 12.4 Å². The summed E-state index contributed by atoms with van der Waals surface area (Å²) in [5.41, 5.74) is 0. The summed E-state index contributed by atoms with van der Waals surface area (Å²) < 4.78 is 17.3. The predicted octanol–water partition coefficient (Wildman–Crippen LogP) is 0.0550. The van der Waals surface area contributed by atoms with Crippen molar-refractivity contribution in [3.8, 4) is 0 Å². The van der Waals surface area contributed by atoms with Crippen molar-refractivity contribution in [1.82, 2.24) is 9.55 Å². The number of hydrogen-bond acceptors (Lipinski definition) is 5. The number of aromatic nitrogens is 2. The number of imidazole rings is 1. The van der Waals surface area contributed by atoms with Gasteiger partial charge in [-0.2, -0.15) is 0 Å². The highest BCUT2D eigenvalue weighted by atomic mass is 16.5. The molecule has 17 heavy (non-hydrogen) atoms. The van der Waals surface area contributed by atoms with E-state index >= 15 is 0 Å². The third-order valence-corrected chi connectivity index (χ3v) is 2.22. The average molecular weight is 244 g/mol. The van der Waals surface area contributed by atoms with E-state index in [4.69, 9.17) is 19.3 Å². The van der Waals surface area contributed by atoms with Crippen LogP contribution in [0.1, 0.15) is 5.82 Å². The topological polar surface area (TPSA) is 65.7 Å². The first kappa shape index (κ1) is 14.1. The zero-order valence-electron chi connectivity index (χ0n) is 10.2. The van der Waals surface area contributed by atoms with Crippen LogP contribution in [-0.2, 0) is 27.4 Å². The highest BCUT2D eigenvalue weighted by molar-refractivity contribution is 4.89. The van der Waals surface area contributed by atoms with E-state index in [2.05, 4.69) is 4.98 Å². The fourth-order valence-electron chi connectivity index (χ4n) is 1.32. The largest absolute Gasteiger partial charge is 0.388 e. The van der Waals surface area contributed by atoms with Crippen molar-refractivity contribution in [2.45, 2.75) is 13.2 Å². The van der Waals surface area contributed by atoms with E-state index in [9.17, 15) is 0 Å². The normalized spacial score (nSPS) is 10.9. The summed E-state index contributed by atoms with van der Waals surface area (Å²) >= 11 is 0. The van der Waals surface area contributed by atoms with E-state index in [1.807, 2.05) is 10.8 Å². The Morgan fingerprint density at radius 2 is 1.88 bits per heavy atom. The summed E-state index contributed by atoms with van der Waals surface area (Å²) in [6.07, 6.45) is 3.49. The SMILES string of the molecule is COCCOCCOCCn1ccnc1CO. The molecule has 0 amide bonds. The maximum Gasteiger partial charge on any atom is 0.134 e. The number of aliphatic hydroxyl groups excluding tert-OH is 1. The Balaban J connectivity index is 1.97. The van der Waals surface area contributed by atoms with Gasteiger partial charge < -0.3 is 23.9 Å². The molecule has 0 bridgehead atoms. The van der Waals surface area contributed by atoms with Gasteiger partial charge in [0.05, 0.1) is 33.0 Å². The Hall–Kier alpha value is -0.950. The minimum atomic E-state index is -0.0485. The summed E-state index contributed by atoms with van der Waals surface area (Å²) in [5, 5.41) is 8.97. The molecule has 0 aliphatic carbocycles. The van der Waals surface area contributed by atoms with Gasteiger partial charge in [-0.25, -0.2) is 4.98 Å². The minimum Gasteiger partial charge on any atom is -0.388 e. The third kappa shape index (κ3) is 5.78. The zero-order valence-corrected chi connectivity index (χ0v) is 10.2. The van der Waals surface area contributed by atoms with E-state index in [1.54, 1.807) is 13.3 Å². The van der Waals surface area contributed by atoms with Gasteiger partial charge in [-0.3, -0.25) is 0 Å². The van der Waals surface area contributed by atoms with Crippen molar-refractivity contribution in [3.05, 3.63) is 18.2 Å². The Labute approximate surface area is 101 Å². The summed E-state index contributed by atoms with van der Waals surface area (Å²) in [6.45, 7) is 3.55. The van der Waals surface area contributed by atoms with Gasteiger partial charge in [0, 0.05) is 26.0 Å². The number of aliphatic hydroxyl groups is 1. The summed E-state index contributed by atoms with van der Waals surface area (Å²) in [7, 11) is 1.64. The molecule has 1 aromatic heterocycles. The van der Waals surface area contributed by atoms with Crippen LogP contribution in [0.4, 0.5) is 0 Å². The van der Waals surface area contributed by atoms with Crippen molar-refractivity contribution >= 4 is 0 Å². The molecule has 0 radical (unpaired) electrons. The Morgan fingerprint density at radius 3 is 2.59 bits per heavy atom. The molecule has 1 aromatic rings. The van der Waals surface area contributed by atoms with E-state index < -0.39 is 0 Å². The second kappa shape index (κ2) is 9.12. The molecular formula is C11H20N2O4. The molecule has 0 saturated heterocycles. The summed E-state index contributed by atoms with van der Waals surface area (Å²) in [5.74, 6) is 0.657. The fourth-order valence-corrected chi connectivity index (χ4v) is 1.32. The zero-order chi connectivity index (χ0) is 12.3. The van der Waals surface area contributed by atoms with Crippen molar-refractivity contribution < 1.29 is 19.3 Å². The molecule has 6 heteroatoms. The molecule has 98 valence electrons. The first-order chi connectivity index (χ1) is 8.38. The quantitative estimate of drug-likeness (QED) is 0.589. The lowest BCUT2D eigenvalue weighted by atomic mass is 10.6. The van der Waals surface area contributed by atoms with Crippen LogP contribution in [0.25, 0.3) is 0 Å². The van der Waals surface area contributed by atoms with Gasteiger partial charge in [0.15, 0.2) is 0 Å². The smallest absolute Gasteiger partial charge is 0.134 e. The third-order valence-electron chi connectivity index (χ3n) is 2.22. The molecule has 0 unspecified atom stereocenters. The predicted molar refractivity (Wildman–Crippen MR) is 61.7 cm³/mol. The molecule has 0 fully saturated rings. The number of hydrogen-bond donors (Lipinski definition) is 1. The van der Waals surface area contributed by atoms with Crippen LogP contribution in [0.3, 0.4) is 0 Å². The first-order valence-electron chi connectivity index (χ1n) is 5.63. The number of rotatable bonds is 10. The number of methoxy groups -OCH3 is 1. The van der Waals surface area contributed by atoms with E-state index in [-0.39, 0.29) is 6.61 Å². The van der Waals surface area contributed by atoms with Crippen LogP contribution in [0.2, 0.25) is 0 Å². The van der Waals surface area contributed by atoms with Crippen molar-refractivity contribution in [3.63, 3.8) is 0 Å². The number of ether oxygens (including phenoxy) is 3. The average Bonchev–Trinajstić information content (AvgIpc) is 2.80. The lowest BCUT2D eigenvalue weighted by Gasteiger charge is -2.07. The molecule has 0 saturated carbocycles. The van der Waals surface area contributed by atoms with Gasteiger partial charge in [-0.1, -0.05) is 0 Å². The molecule has 0 aliphatic rings. The Kier molecular flexibility index (Phi) is 7.57. The second-order valence-corrected chi connectivity index (χ2v) is 3.41. The molecular weight excluding hydrogens is 224 g/mol. The molecule has 1 rings (SSSR count). The fraction of sp³-hybridized carbons (Fsp3) is 0.727. The van der Waals surface area contributed by atoms with Gasteiger partial charge in [0.2, 0.25) is 0 Å². The van der Waals surface area contributed by atoms with Crippen LogP contribution < -0.4 is 0 Å². The van der Waals surface area contributed by atoms with Crippen LogP contribution >= 0.6 is 0 Å². The van der Waals surface area contributed by atoms with Gasteiger partial charge in [-0.05, 0) is 0 Å². The molecule has 0 spiro atoms. The van der Waals surface area contributed by atoms with E-state index in [0.717, 1.165) is 0 Å². The Bertz CT molecular complexity index is 291. The molecule has 0 aliphatic heterocycles. The maximum absolute atomic E-state index is 8.97. The van der Waals surface area contributed by atoms with Gasteiger partial charge >= 0.3 is 0 Å². The van der Waals surface area contributed by atoms with E-state index in [1.165, 1.54) is 0 Å². The van der Waals surface area contributed by atoms with Crippen molar-refractivity contribution in [1.29, 1.82) is 0 Å². The number of nitrogens with zero attached hydrogens (tertiary/aromatic N) is 2. The molecule has 1 N–H and O–H groups in total. The first-order valence-corrected chi connectivity index (χ1v) is 5.63. The minimum absolute atomic E-state index is 0.0485. The standard InChI is InChI=1S/C11H20N2O4/c1-15-6-7-17-9-8-16-5-4-13-3-2-12-11(13)10-14/h2-3,14H,4-10H2,1H3. The van der Waals surface area contributed by atoms with Gasteiger partial charge in [0.1, 0.15) is 12.4 Å². The van der Waals surface area contributed by atoms with Gasteiger partial charge in [-0.15, -0.1) is 0 Å². The molecule has 6 nitrogen and oxygen atoms in total. The highest BCUT2D eigenvalue weighted by Crippen LogP contribution is 1.97. The van der Waals surface area contributed by atoms with Crippen molar-refractivity contribution in [2.75, 3.05) is 40.1 Å². The van der Waals surface area contributed by atoms with Crippen LogP contribution in [0.5, 0.6) is 0 Å². The van der Waals surface area contributed by atoms with E-state index in [0.29, 0.717) is 45.4 Å². The second-order valence-electron chi connectivity index (χ2n) is 3.41. The maximum atomic E-state index is 8.97. The van der Waals surface area contributed by atoms with Gasteiger partial charge in [0.25, 0.3) is 0 Å². The molecule has 1 heterocycles. The van der Waals surface area contributed by atoms with Crippen LogP contribution in [-0.4, -0.2) is 54.8 Å². The van der Waals surface area contributed by atoms with Crippen LogP contribution in [0, 0.1) is 0 Å². The summed E-state index contributed by atoms with van der Waals surface area (Å²) in [6, 6.07) is 0. The summed E-state index contributed by atoms with van der Waals surface area (Å²) in [4.78, 5) is 4.00. The highest BCUT2D eigenvalue weighted by Gasteiger charge is 1.99. The van der Waals surface area contributed by atoms with Crippen molar-refractivity contribution in [2.24, 2.45) is 0 Å². The lowest BCUT2D eigenvalue weighted by molar-refractivity contribution is 0.0228.